The van der Waals surface area contributed by atoms with E-state index in [4.69, 9.17) is 0 Å². The molecule has 0 bridgehead atoms. The number of aromatic nitrogens is 2. The molecule has 1 aliphatic carbocycles. The van der Waals surface area contributed by atoms with Crippen LogP contribution in [-0.4, -0.2) is 32.0 Å². The van der Waals surface area contributed by atoms with Gasteiger partial charge >= 0.3 is 6.18 Å². The summed E-state index contributed by atoms with van der Waals surface area (Å²) in [5.41, 5.74) is -2.27. The van der Waals surface area contributed by atoms with Crippen molar-refractivity contribution < 1.29 is 27.8 Å². The molecule has 0 fully saturated rings. The van der Waals surface area contributed by atoms with Crippen molar-refractivity contribution in [1.82, 2.24) is 9.97 Å². The molecule has 5 nitrogen and oxygen atoms in total. The van der Waals surface area contributed by atoms with E-state index in [1.807, 2.05) is 0 Å². The molecule has 0 radical (unpaired) electrons. The fourth-order valence-corrected chi connectivity index (χ4v) is 3.80. The van der Waals surface area contributed by atoms with Gasteiger partial charge in [-0.05, 0) is 43.5 Å². The van der Waals surface area contributed by atoms with Gasteiger partial charge in [-0.25, -0.2) is 14.4 Å². The summed E-state index contributed by atoms with van der Waals surface area (Å²) in [5.74, 6) is -1.12. The van der Waals surface area contributed by atoms with Gasteiger partial charge in [-0.2, -0.15) is 13.2 Å². The molecule has 9 heteroatoms. The summed E-state index contributed by atoms with van der Waals surface area (Å²) in [5, 5.41) is 23.9. The Balaban J connectivity index is 1.89. The zero-order chi connectivity index (χ0) is 21.0. The smallest absolute Gasteiger partial charge is 0.419 e. The van der Waals surface area contributed by atoms with Gasteiger partial charge in [0, 0.05) is 22.8 Å². The normalized spacial score (nSPS) is 21.8. The van der Waals surface area contributed by atoms with E-state index in [2.05, 4.69) is 15.3 Å². The Morgan fingerprint density at radius 1 is 1.21 bits per heavy atom. The molecule has 0 aliphatic heterocycles. The van der Waals surface area contributed by atoms with Gasteiger partial charge in [-0.3, -0.25) is 0 Å². The largest absolute Gasteiger partial charge is 0.505 e. The average molecular weight is 407 g/mol. The van der Waals surface area contributed by atoms with Gasteiger partial charge in [-0.15, -0.1) is 0 Å². The molecule has 2 aromatic carbocycles. The van der Waals surface area contributed by atoms with Crippen molar-refractivity contribution in [2.75, 3.05) is 5.32 Å². The highest BCUT2D eigenvalue weighted by atomic mass is 19.4. The Hall–Kier alpha value is -2.94. The number of rotatable bonds is 2. The second-order valence-corrected chi connectivity index (χ2v) is 7.12. The SMILES string of the molecule is Cc1ncc2c(NC3c4ccc(F)c(O)c4CCC3(O)C(F)(F)F)cccc2n1. The lowest BCUT2D eigenvalue weighted by Crippen LogP contribution is -2.54. The van der Waals surface area contributed by atoms with Gasteiger partial charge in [0.05, 0.1) is 11.6 Å². The van der Waals surface area contributed by atoms with E-state index in [1.54, 1.807) is 25.1 Å². The molecule has 0 spiro atoms. The minimum atomic E-state index is -4.95. The topological polar surface area (TPSA) is 78.3 Å². The van der Waals surface area contributed by atoms with Crippen LogP contribution in [0.1, 0.15) is 29.4 Å². The summed E-state index contributed by atoms with van der Waals surface area (Å²) in [6, 6.07) is 5.25. The highest BCUT2D eigenvalue weighted by Crippen LogP contribution is 2.50. The summed E-state index contributed by atoms with van der Waals surface area (Å²) in [4.78, 5) is 8.35. The van der Waals surface area contributed by atoms with Gasteiger partial charge in [0.2, 0.25) is 0 Å². The van der Waals surface area contributed by atoms with Gasteiger partial charge in [-0.1, -0.05) is 12.1 Å². The number of nitrogens with one attached hydrogen (secondary N) is 1. The summed E-state index contributed by atoms with van der Waals surface area (Å²) in [6.07, 6.45) is -4.51. The van der Waals surface area contributed by atoms with E-state index in [-0.39, 0.29) is 23.2 Å². The Kier molecular flexibility index (Phi) is 4.38. The van der Waals surface area contributed by atoms with Crippen LogP contribution in [0, 0.1) is 12.7 Å². The third kappa shape index (κ3) is 3.05. The molecular weight excluding hydrogens is 390 g/mol. The number of nitrogens with zero attached hydrogens (tertiary/aromatic N) is 2. The molecule has 3 N–H and O–H groups in total. The third-order valence-corrected chi connectivity index (χ3v) is 5.35. The fraction of sp³-hybridized carbons (Fsp3) is 0.300. The maximum absolute atomic E-state index is 13.9. The van der Waals surface area contributed by atoms with Crippen LogP contribution in [0.15, 0.2) is 36.5 Å². The van der Waals surface area contributed by atoms with E-state index < -0.39 is 35.8 Å². The number of alkyl halides is 3. The first-order chi connectivity index (χ1) is 13.6. The van der Waals surface area contributed by atoms with E-state index in [0.29, 0.717) is 16.7 Å². The van der Waals surface area contributed by atoms with Gasteiger partial charge in [0.1, 0.15) is 5.82 Å². The second kappa shape index (κ2) is 6.55. The van der Waals surface area contributed by atoms with Crippen LogP contribution in [0.3, 0.4) is 0 Å². The number of hydrogen-bond donors (Lipinski definition) is 3. The highest BCUT2D eigenvalue weighted by molar-refractivity contribution is 5.91. The lowest BCUT2D eigenvalue weighted by Gasteiger charge is -2.43. The second-order valence-electron chi connectivity index (χ2n) is 7.12. The fourth-order valence-electron chi connectivity index (χ4n) is 3.80. The molecule has 0 amide bonds. The quantitative estimate of drug-likeness (QED) is 0.556. The van der Waals surface area contributed by atoms with E-state index in [1.165, 1.54) is 6.20 Å². The number of halogens is 4. The van der Waals surface area contributed by atoms with Crippen LogP contribution in [0.2, 0.25) is 0 Å². The number of phenols is 1. The predicted octanol–water partition coefficient (Wildman–Crippen LogP) is 4.18. The summed E-state index contributed by atoms with van der Waals surface area (Å²) >= 11 is 0. The van der Waals surface area contributed by atoms with Gasteiger partial charge in [0.15, 0.2) is 17.2 Å². The molecule has 1 aliphatic rings. The standard InChI is InChI=1S/C20H17F4N3O2/c1-10-25-9-13-15(26-10)3-2-4-16(13)27-18-12-5-6-14(21)17(28)11(12)7-8-19(18,29)20(22,23)24/h2-6,9,18,27-29H,7-8H2,1H3. The number of fused-ring (bicyclic) bond motifs is 2. The average Bonchev–Trinajstić information content (AvgIpc) is 2.66. The first kappa shape index (κ1) is 19.4. The van der Waals surface area contributed by atoms with Crippen molar-refractivity contribution in [2.45, 2.75) is 37.6 Å². The molecule has 29 heavy (non-hydrogen) atoms. The maximum Gasteiger partial charge on any atom is 0.419 e. The molecular formula is C20H17F4N3O2. The van der Waals surface area contributed by atoms with Crippen molar-refractivity contribution >= 4 is 16.6 Å². The highest BCUT2D eigenvalue weighted by Gasteiger charge is 2.60. The van der Waals surface area contributed by atoms with Crippen molar-refractivity contribution in [3.63, 3.8) is 0 Å². The van der Waals surface area contributed by atoms with Gasteiger partial charge in [0.25, 0.3) is 0 Å². The number of phenolic OH excluding ortho intramolecular Hbond substituents is 1. The monoisotopic (exact) mass is 407 g/mol. The number of aryl methyl sites for hydroxylation is 1. The van der Waals surface area contributed by atoms with Crippen LogP contribution in [0.4, 0.5) is 23.2 Å². The third-order valence-electron chi connectivity index (χ3n) is 5.35. The molecule has 152 valence electrons. The molecule has 1 aromatic heterocycles. The van der Waals surface area contributed by atoms with Crippen LogP contribution in [0.25, 0.3) is 10.9 Å². The zero-order valence-corrected chi connectivity index (χ0v) is 15.3. The lowest BCUT2D eigenvalue weighted by molar-refractivity contribution is -0.270. The minimum absolute atomic E-state index is 0.0139. The Bertz CT molecular complexity index is 1100. The van der Waals surface area contributed by atoms with E-state index in [9.17, 15) is 27.8 Å². The molecule has 4 rings (SSSR count). The molecule has 2 unspecified atom stereocenters. The van der Waals surface area contributed by atoms with Crippen molar-refractivity contribution in [3.8, 4) is 5.75 Å². The Labute approximate surface area is 163 Å². The molecule has 0 saturated carbocycles. The molecule has 3 aromatic rings. The van der Waals surface area contributed by atoms with Crippen molar-refractivity contribution in [1.29, 1.82) is 0 Å². The van der Waals surface area contributed by atoms with Crippen LogP contribution in [-0.2, 0) is 6.42 Å². The van der Waals surface area contributed by atoms with Crippen molar-refractivity contribution in [2.24, 2.45) is 0 Å². The van der Waals surface area contributed by atoms with Crippen LogP contribution < -0.4 is 5.32 Å². The minimum Gasteiger partial charge on any atom is -0.505 e. The zero-order valence-electron chi connectivity index (χ0n) is 15.3. The van der Waals surface area contributed by atoms with E-state index in [0.717, 1.165) is 12.1 Å². The lowest BCUT2D eigenvalue weighted by atomic mass is 9.75. The maximum atomic E-state index is 13.9. The van der Waals surface area contributed by atoms with Gasteiger partial charge < -0.3 is 15.5 Å². The number of hydrogen-bond acceptors (Lipinski definition) is 5. The Morgan fingerprint density at radius 2 is 1.97 bits per heavy atom. The van der Waals surface area contributed by atoms with Crippen LogP contribution >= 0.6 is 0 Å². The summed E-state index contributed by atoms with van der Waals surface area (Å²) < 4.78 is 55.4. The molecule has 1 heterocycles. The first-order valence-electron chi connectivity index (χ1n) is 8.90. The summed E-state index contributed by atoms with van der Waals surface area (Å²) in [6.45, 7) is 1.69. The van der Waals surface area contributed by atoms with Crippen LogP contribution in [0.5, 0.6) is 5.75 Å². The van der Waals surface area contributed by atoms with Crippen molar-refractivity contribution in [3.05, 3.63) is 59.3 Å². The predicted molar refractivity (Wildman–Crippen MR) is 98.0 cm³/mol. The number of aromatic hydroxyl groups is 1. The summed E-state index contributed by atoms with van der Waals surface area (Å²) in [7, 11) is 0. The first-order valence-corrected chi connectivity index (χ1v) is 8.90. The number of benzene rings is 2. The Morgan fingerprint density at radius 3 is 2.69 bits per heavy atom. The molecule has 0 saturated heterocycles. The van der Waals surface area contributed by atoms with E-state index >= 15 is 0 Å². The number of anilines is 1. The molecule has 2 atom stereocenters. The number of aliphatic hydroxyl groups is 1.